The van der Waals surface area contributed by atoms with E-state index in [1.807, 2.05) is 18.2 Å². The standard InChI is InChI=1S/C14H19BrN2O/c1-2-10(7-8-16)3-6-14-17-12-9-11(15)4-5-13(12)18-14/h4-5,9-10H,2-3,6-8,16H2,1H3. The molecule has 0 radical (unpaired) electrons. The number of aromatic nitrogens is 1. The van der Waals surface area contributed by atoms with E-state index in [1.165, 1.54) is 6.42 Å². The fourth-order valence-electron chi connectivity index (χ4n) is 2.17. The van der Waals surface area contributed by atoms with Crippen molar-refractivity contribution in [2.45, 2.75) is 32.6 Å². The van der Waals surface area contributed by atoms with Gasteiger partial charge in [0.2, 0.25) is 0 Å². The van der Waals surface area contributed by atoms with Crippen LogP contribution in [0.5, 0.6) is 0 Å². The first-order valence-corrected chi connectivity index (χ1v) is 7.27. The van der Waals surface area contributed by atoms with Crippen molar-refractivity contribution in [2.24, 2.45) is 11.7 Å². The van der Waals surface area contributed by atoms with Crippen LogP contribution in [0.3, 0.4) is 0 Å². The molecule has 0 bridgehead atoms. The van der Waals surface area contributed by atoms with Gasteiger partial charge in [0.25, 0.3) is 0 Å². The van der Waals surface area contributed by atoms with Crippen LogP contribution in [-0.2, 0) is 6.42 Å². The third kappa shape index (κ3) is 3.33. The van der Waals surface area contributed by atoms with E-state index >= 15 is 0 Å². The Hall–Kier alpha value is -0.870. The summed E-state index contributed by atoms with van der Waals surface area (Å²) in [5.74, 6) is 1.51. The van der Waals surface area contributed by atoms with E-state index < -0.39 is 0 Å². The number of fused-ring (bicyclic) bond motifs is 1. The number of aryl methyl sites for hydroxylation is 1. The van der Waals surface area contributed by atoms with Crippen LogP contribution in [0.1, 0.15) is 32.1 Å². The van der Waals surface area contributed by atoms with Crippen molar-refractivity contribution in [3.05, 3.63) is 28.6 Å². The Kier molecular flexibility index (Phi) is 4.78. The maximum Gasteiger partial charge on any atom is 0.195 e. The van der Waals surface area contributed by atoms with Crippen molar-refractivity contribution < 1.29 is 4.42 Å². The number of hydrogen-bond acceptors (Lipinski definition) is 3. The van der Waals surface area contributed by atoms with Gasteiger partial charge in [-0.2, -0.15) is 0 Å². The van der Waals surface area contributed by atoms with Crippen molar-refractivity contribution >= 4 is 27.0 Å². The third-order valence-electron chi connectivity index (χ3n) is 3.31. The lowest BCUT2D eigenvalue weighted by atomic mass is 9.97. The van der Waals surface area contributed by atoms with Gasteiger partial charge in [-0.05, 0) is 43.5 Å². The van der Waals surface area contributed by atoms with Crippen molar-refractivity contribution in [1.29, 1.82) is 0 Å². The molecule has 4 heteroatoms. The summed E-state index contributed by atoms with van der Waals surface area (Å²) >= 11 is 3.44. The van der Waals surface area contributed by atoms with Crippen LogP contribution in [0.4, 0.5) is 0 Å². The van der Waals surface area contributed by atoms with Crippen LogP contribution in [-0.4, -0.2) is 11.5 Å². The highest BCUT2D eigenvalue weighted by atomic mass is 79.9. The number of oxazole rings is 1. The second kappa shape index (κ2) is 6.34. The molecule has 1 atom stereocenters. The normalized spacial score (nSPS) is 13.1. The van der Waals surface area contributed by atoms with Crippen LogP contribution < -0.4 is 5.73 Å². The summed E-state index contributed by atoms with van der Waals surface area (Å²) in [5.41, 5.74) is 7.39. The van der Waals surface area contributed by atoms with Gasteiger partial charge in [0.05, 0.1) is 0 Å². The van der Waals surface area contributed by atoms with Gasteiger partial charge in [0.1, 0.15) is 5.52 Å². The Balaban J connectivity index is 2.03. The molecule has 2 rings (SSSR count). The molecule has 1 aromatic carbocycles. The summed E-state index contributed by atoms with van der Waals surface area (Å²) in [5, 5.41) is 0. The Morgan fingerprint density at radius 2 is 2.22 bits per heavy atom. The van der Waals surface area contributed by atoms with E-state index in [0.717, 1.165) is 47.3 Å². The minimum absolute atomic E-state index is 0.678. The number of nitrogens with zero attached hydrogens (tertiary/aromatic N) is 1. The summed E-state index contributed by atoms with van der Waals surface area (Å²) in [7, 11) is 0. The fraction of sp³-hybridized carbons (Fsp3) is 0.500. The zero-order valence-corrected chi connectivity index (χ0v) is 12.2. The lowest BCUT2D eigenvalue weighted by Gasteiger charge is -2.11. The lowest BCUT2D eigenvalue weighted by molar-refractivity contribution is 0.415. The van der Waals surface area contributed by atoms with Crippen molar-refractivity contribution in [3.63, 3.8) is 0 Å². The highest BCUT2D eigenvalue weighted by molar-refractivity contribution is 9.10. The highest BCUT2D eigenvalue weighted by Gasteiger charge is 2.10. The maximum absolute atomic E-state index is 5.73. The van der Waals surface area contributed by atoms with Crippen molar-refractivity contribution in [2.75, 3.05) is 6.54 Å². The molecular formula is C14H19BrN2O. The van der Waals surface area contributed by atoms with Gasteiger partial charge >= 0.3 is 0 Å². The zero-order valence-electron chi connectivity index (χ0n) is 10.7. The van der Waals surface area contributed by atoms with E-state index in [4.69, 9.17) is 10.2 Å². The number of hydrogen-bond donors (Lipinski definition) is 1. The predicted octanol–water partition coefficient (Wildman–Crippen LogP) is 3.90. The molecule has 2 aromatic rings. The molecule has 18 heavy (non-hydrogen) atoms. The molecule has 0 saturated heterocycles. The second-order valence-corrected chi connectivity index (χ2v) is 5.53. The van der Waals surface area contributed by atoms with Gasteiger partial charge in [0.15, 0.2) is 11.5 Å². The van der Waals surface area contributed by atoms with Gasteiger partial charge in [-0.1, -0.05) is 29.3 Å². The molecule has 0 fully saturated rings. The van der Waals surface area contributed by atoms with Crippen LogP contribution in [0.15, 0.2) is 27.1 Å². The summed E-state index contributed by atoms with van der Waals surface area (Å²) in [6.45, 7) is 2.97. The number of benzene rings is 1. The van der Waals surface area contributed by atoms with Crippen LogP contribution in [0.2, 0.25) is 0 Å². The summed E-state index contributed by atoms with van der Waals surface area (Å²) in [6, 6.07) is 5.91. The highest BCUT2D eigenvalue weighted by Crippen LogP contribution is 2.22. The topological polar surface area (TPSA) is 52.0 Å². The summed E-state index contributed by atoms with van der Waals surface area (Å²) in [6.07, 6.45) is 4.25. The molecule has 0 spiro atoms. The van der Waals surface area contributed by atoms with Gasteiger partial charge < -0.3 is 10.2 Å². The Morgan fingerprint density at radius 3 is 2.94 bits per heavy atom. The molecule has 2 N–H and O–H groups in total. The molecule has 1 heterocycles. The SMILES string of the molecule is CCC(CCN)CCc1nc2cc(Br)ccc2o1. The van der Waals surface area contributed by atoms with Gasteiger partial charge in [-0.15, -0.1) is 0 Å². The molecule has 1 aromatic heterocycles. The van der Waals surface area contributed by atoms with Crippen LogP contribution in [0, 0.1) is 5.92 Å². The molecule has 0 amide bonds. The smallest absolute Gasteiger partial charge is 0.195 e. The first-order chi connectivity index (χ1) is 8.72. The molecule has 0 aliphatic carbocycles. The summed E-state index contributed by atoms with van der Waals surface area (Å²) < 4.78 is 6.76. The quantitative estimate of drug-likeness (QED) is 0.880. The van der Waals surface area contributed by atoms with Crippen molar-refractivity contribution in [1.82, 2.24) is 4.98 Å². The van der Waals surface area contributed by atoms with Gasteiger partial charge in [-0.3, -0.25) is 0 Å². The first kappa shape index (κ1) is 13.6. The zero-order chi connectivity index (χ0) is 13.0. The second-order valence-electron chi connectivity index (χ2n) is 4.61. The molecular weight excluding hydrogens is 292 g/mol. The largest absolute Gasteiger partial charge is 0.441 e. The first-order valence-electron chi connectivity index (χ1n) is 6.48. The molecule has 98 valence electrons. The number of rotatable bonds is 6. The predicted molar refractivity (Wildman–Crippen MR) is 77.5 cm³/mol. The van der Waals surface area contributed by atoms with Gasteiger partial charge in [-0.25, -0.2) is 4.98 Å². The molecule has 0 saturated carbocycles. The Morgan fingerprint density at radius 1 is 1.39 bits per heavy atom. The summed E-state index contributed by atoms with van der Waals surface area (Å²) in [4.78, 5) is 4.51. The Labute approximate surface area is 116 Å². The third-order valence-corrected chi connectivity index (χ3v) is 3.81. The van der Waals surface area contributed by atoms with E-state index in [9.17, 15) is 0 Å². The molecule has 0 aliphatic heterocycles. The minimum Gasteiger partial charge on any atom is -0.441 e. The number of halogens is 1. The molecule has 1 unspecified atom stereocenters. The number of nitrogens with two attached hydrogens (primary N) is 1. The fourth-order valence-corrected chi connectivity index (χ4v) is 2.52. The van der Waals surface area contributed by atoms with E-state index in [2.05, 4.69) is 27.8 Å². The van der Waals surface area contributed by atoms with E-state index in [0.29, 0.717) is 5.92 Å². The lowest BCUT2D eigenvalue weighted by Crippen LogP contribution is -2.09. The van der Waals surface area contributed by atoms with E-state index in [-0.39, 0.29) is 0 Å². The monoisotopic (exact) mass is 310 g/mol. The van der Waals surface area contributed by atoms with Crippen LogP contribution >= 0.6 is 15.9 Å². The Bertz CT molecular complexity index is 509. The van der Waals surface area contributed by atoms with Crippen molar-refractivity contribution in [3.8, 4) is 0 Å². The average molecular weight is 311 g/mol. The molecule has 3 nitrogen and oxygen atoms in total. The van der Waals surface area contributed by atoms with E-state index in [1.54, 1.807) is 0 Å². The molecule has 0 aliphatic rings. The maximum atomic E-state index is 5.73. The average Bonchev–Trinajstić information content (AvgIpc) is 2.76. The minimum atomic E-state index is 0.678. The van der Waals surface area contributed by atoms with Gasteiger partial charge in [0, 0.05) is 10.9 Å². The van der Waals surface area contributed by atoms with Crippen LogP contribution in [0.25, 0.3) is 11.1 Å².